The maximum Gasteiger partial charge on any atom is 0.0104 e. The summed E-state index contributed by atoms with van der Waals surface area (Å²) in [6.45, 7) is 10.4. The van der Waals surface area contributed by atoms with E-state index in [0.717, 1.165) is 13.0 Å². The lowest BCUT2D eigenvalue weighted by Crippen LogP contribution is -2.40. The molecule has 0 aliphatic carbocycles. The Hall–Kier alpha value is -0.570. The van der Waals surface area contributed by atoms with E-state index in [1.165, 1.54) is 30.6 Å². The zero-order valence-corrected chi connectivity index (χ0v) is 14.1. The molecule has 20 heavy (non-hydrogen) atoms. The Morgan fingerprint density at radius 2 is 1.95 bits per heavy atom. The van der Waals surface area contributed by atoms with Crippen LogP contribution in [-0.2, 0) is 6.42 Å². The van der Waals surface area contributed by atoms with E-state index in [1.807, 2.05) is 0 Å². The first kappa shape index (κ1) is 17.5. The van der Waals surface area contributed by atoms with Gasteiger partial charge in [0.2, 0.25) is 0 Å². The third-order valence-electron chi connectivity index (χ3n) is 4.49. The first-order chi connectivity index (χ1) is 8.98. The number of aryl methyl sites for hydroxylation is 1. The van der Waals surface area contributed by atoms with Crippen LogP contribution in [0.2, 0.25) is 0 Å². The number of likely N-dealkylation sites (N-methyl/N-ethyl adjacent to an activating group) is 1. The minimum atomic E-state index is 0. The molecule has 0 aromatic heterocycles. The Balaban J connectivity index is 0.00000200. The molecule has 0 amide bonds. The lowest BCUT2D eigenvalue weighted by Gasteiger charge is -2.33. The second-order valence-electron chi connectivity index (χ2n) is 6.69. The molecular formula is C17H29ClN2. The summed E-state index contributed by atoms with van der Waals surface area (Å²) in [6, 6.07) is 9.55. The Morgan fingerprint density at radius 1 is 1.30 bits per heavy atom. The summed E-state index contributed by atoms with van der Waals surface area (Å²) in [5.74, 6) is 0. The number of nitrogens with one attached hydrogen (secondary N) is 1. The predicted molar refractivity (Wildman–Crippen MR) is 89.8 cm³/mol. The maximum atomic E-state index is 3.49. The van der Waals surface area contributed by atoms with Crippen molar-refractivity contribution in [1.29, 1.82) is 0 Å². The zero-order chi connectivity index (χ0) is 13.9. The van der Waals surface area contributed by atoms with Crippen LogP contribution in [0, 0.1) is 12.3 Å². The van der Waals surface area contributed by atoms with E-state index in [4.69, 9.17) is 0 Å². The number of benzene rings is 1. The van der Waals surface area contributed by atoms with E-state index >= 15 is 0 Å². The highest BCUT2D eigenvalue weighted by Crippen LogP contribution is 2.26. The van der Waals surface area contributed by atoms with Gasteiger partial charge in [-0.25, -0.2) is 0 Å². The fraction of sp³-hybridized carbons (Fsp3) is 0.647. The topological polar surface area (TPSA) is 15.3 Å². The van der Waals surface area contributed by atoms with Gasteiger partial charge in [0.05, 0.1) is 0 Å². The molecule has 2 nitrogen and oxygen atoms in total. The summed E-state index contributed by atoms with van der Waals surface area (Å²) in [5.41, 5.74) is 3.24. The van der Waals surface area contributed by atoms with Gasteiger partial charge >= 0.3 is 0 Å². The van der Waals surface area contributed by atoms with Crippen LogP contribution in [-0.4, -0.2) is 37.6 Å². The first-order valence-electron chi connectivity index (χ1n) is 7.45. The number of halogens is 1. The van der Waals surface area contributed by atoms with E-state index < -0.39 is 0 Å². The van der Waals surface area contributed by atoms with Crippen molar-refractivity contribution in [1.82, 2.24) is 10.2 Å². The van der Waals surface area contributed by atoms with Crippen molar-refractivity contribution in [2.75, 3.05) is 26.7 Å². The van der Waals surface area contributed by atoms with Gasteiger partial charge in [-0.15, -0.1) is 12.4 Å². The molecule has 0 spiro atoms. The van der Waals surface area contributed by atoms with Gasteiger partial charge < -0.3 is 10.2 Å². The summed E-state index contributed by atoms with van der Waals surface area (Å²) >= 11 is 0. The summed E-state index contributed by atoms with van der Waals surface area (Å²) in [5, 5.41) is 3.49. The van der Waals surface area contributed by atoms with Gasteiger partial charge in [-0.1, -0.05) is 36.8 Å². The fourth-order valence-electron chi connectivity index (χ4n) is 2.98. The Bertz CT molecular complexity index is 396. The SMILES string of the molecule is Cc1ccc(CC(C)N(C)CC2(C)CCNC2)cc1.Cl. The quantitative estimate of drug-likeness (QED) is 0.897. The van der Waals surface area contributed by atoms with Gasteiger partial charge in [-0.3, -0.25) is 0 Å². The van der Waals surface area contributed by atoms with Gasteiger partial charge in [0.1, 0.15) is 0 Å². The maximum absolute atomic E-state index is 3.49. The molecule has 2 atom stereocenters. The van der Waals surface area contributed by atoms with Crippen LogP contribution >= 0.6 is 12.4 Å². The lowest BCUT2D eigenvalue weighted by molar-refractivity contribution is 0.168. The van der Waals surface area contributed by atoms with E-state index in [2.05, 4.69) is 62.3 Å². The monoisotopic (exact) mass is 296 g/mol. The molecule has 1 N–H and O–H groups in total. The molecule has 1 fully saturated rings. The molecule has 1 aromatic rings. The molecule has 0 saturated carbocycles. The van der Waals surface area contributed by atoms with Gasteiger partial charge in [0, 0.05) is 19.1 Å². The van der Waals surface area contributed by atoms with Gasteiger partial charge in [0.25, 0.3) is 0 Å². The Morgan fingerprint density at radius 3 is 2.50 bits per heavy atom. The number of rotatable bonds is 5. The average molecular weight is 297 g/mol. The molecule has 0 bridgehead atoms. The van der Waals surface area contributed by atoms with Crippen molar-refractivity contribution in [3.63, 3.8) is 0 Å². The van der Waals surface area contributed by atoms with Crippen LogP contribution in [0.1, 0.15) is 31.4 Å². The van der Waals surface area contributed by atoms with Crippen LogP contribution in [0.5, 0.6) is 0 Å². The third kappa shape index (κ3) is 4.76. The van der Waals surface area contributed by atoms with Crippen molar-refractivity contribution in [2.45, 2.75) is 39.7 Å². The molecule has 1 saturated heterocycles. The highest BCUT2D eigenvalue weighted by molar-refractivity contribution is 5.85. The van der Waals surface area contributed by atoms with E-state index in [9.17, 15) is 0 Å². The minimum Gasteiger partial charge on any atom is -0.316 e. The number of hydrogen-bond acceptors (Lipinski definition) is 2. The van der Waals surface area contributed by atoms with Gasteiger partial charge in [-0.2, -0.15) is 0 Å². The van der Waals surface area contributed by atoms with Crippen molar-refractivity contribution in [2.24, 2.45) is 5.41 Å². The molecule has 1 aliphatic heterocycles. The third-order valence-corrected chi connectivity index (χ3v) is 4.49. The standard InChI is InChI=1S/C17H28N2.ClH/c1-14-5-7-16(8-6-14)11-15(2)19(4)13-17(3)9-10-18-12-17;/h5-8,15,18H,9-13H2,1-4H3;1H. The van der Waals surface area contributed by atoms with Crippen molar-refractivity contribution >= 4 is 12.4 Å². The van der Waals surface area contributed by atoms with Crippen molar-refractivity contribution in [3.8, 4) is 0 Å². The second kappa shape index (κ2) is 7.44. The van der Waals surface area contributed by atoms with Gasteiger partial charge in [-0.05, 0) is 51.3 Å². The Labute approximate surface area is 130 Å². The zero-order valence-electron chi connectivity index (χ0n) is 13.3. The molecule has 0 radical (unpaired) electrons. The van der Waals surface area contributed by atoms with Crippen LogP contribution in [0.3, 0.4) is 0 Å². The second-order valence-corrected chi connectivity index (χ2v) is 6.69. The van der Waals surface area contributed by atoms with Crippen molar-refractivity contribution in [3.05, 3.63) is 35.4 Å². The van der Waals surface area contributed by atoms with E-state index in [-0.39, 0.29) is 12.4 Å². The molecule has 1 aliphatic rings. The molecule has 3 heteroatoms. The normalized spacial score (nSPS) is 23.6. The molecule has 1 heterocycles. The number of nitrogens with zero attached hydrogens (tertiary/aromatic N) is 1. The smallest absolute Gasteiger partial charge is 0.0104 e. The number of hydrogen-bond donors (Lipinski definition) is 1. The highest BCUT2D eigenvalue weighted by atomic mass is 35.5. The lowest BCUT2D eigenvalue weighted by atomic mass is 9.88. The summed E-state index contributed by atoms with van der Waals surface area (Å²) < 4.78 is 0. The van der Waals surface area contributed by atoms with Crippen molar-refractivity contribution < 1.29 is 0 Å². The Kier molecular flexibility index (Phi) is 6.50. The summed E-state index contributed by atoms with van der Waals surface area (Å²) in [4.78, 5) is 2.52. The van der Waals surface area contributed by atoms with Crippen LogP contribution < -0.4 is 5.32 Å². The largest absolute Gasteiger partial charge is 0.316 e. The fourth-order valence-corrected chi connectivity index (χ4v) is 2.98. The molecule has 1 aromatic carbocycles. The van der Waals surface area contributed by atoms with Crippen LogP contribution in [0.25, 0.3) is 0 Å². The highest BCUT2D eigenvalue weighted by Gasteiger charge is 2.30. The summed E-state index contributed by atoms with van der Waals surface area (Å²) in [7, 11) is 2.27. The molecular weight excluding hydrogens is 268 g/mol. The average Bonchev–Trinajstić information content (AvgIpc) is 2.78. The minimum absolute atomic E-state index is 0. The molecule has 2 rings (SSSR count). The van der Waals surface area contributed by atoms with E-state index in [0.29, 0.717) is 11.5 Å². The van der Waals surface area contributed by atoms with Crippen LogP contribution in [0.15, 0.2) is 24.3 Å². The van der Waals surface area contributed by atoms with Gasteiger partial charge in [0.15, 0.2) is 0 Å². The molecule has 114 valence electrons. The summed E-state index contributed by atoms with van der Waals surface area (Å²) in [6.07, 6.45) is 2.44. The van der Waals surface area contributed by atoms with E-state index in [1.54, 1.807) is 0 Å². The first-order valence-corrected chi connectivity index (χ1v) is 7.45. The van der Waals surface area contributed by atoms with Crippen LogP contribution in [0.4, 0.5) is 0 Å². The molecule has 2 unspecified atom stereocenters. The predicted octanol–water partition coefficient (Wildman–Crippen LogP) is 3.28.